The van der Waals surface area contributed by atoms with Crippen molar-refractivity contribution in [1.29, 1.82) is 0 Å². The molecule has 2 aromatic rings. The van der Waals surface area contributed by atoms with Crippen LogP contribution in [0.5, 0.6) is 0 Å². The predicted molar refractivity (Wildman–Crippen MR) is 106 cm³/mol. The average molecular weight is 365 g/mol. The van der Waals surface area contributed by atoms with Gasteiger partial charge in [-0.3, -0.25) is 9.69 Å². The van der Waals surface area contributed by atoms with Crippen molar-refractivity contribution < 1.29 is 9.18 Å². The van der Waals surface area contributed by atoms with Crippen LogP contribution in [-0.2, 0) is 6.54 Å². The molecule has 2 unspecified atom stereocenters. The summed E-state index contributed by atoms with van der Waals surface area (Å²) in [4.78, 5) is 15.8. The highest BCUT2D eigenvalue weighted by molar-refractivity contribution is 5.98. The van der Waals surface area contributed by atoms with Crippen LogP contribution in [0.2, 0.25) is 0 Å². The van der Waals surface area contributed by atoms with Crippen molar-refractivity contribution >= 4 is 5.78 Å². The lowest BCUT2D eigenvalue weighted by atomic mass is 9.75. The lowest BCUT2D eigenvalue weighted by Crippen LogP contribution is -2.52. The molecule has 3 heteroatoms. The number of hydrogen-bond donors (Lipinski definition) is 0. The van der Waals surface area contributed by atoms with Crippen molar-refractivity contribution in [1.82, 2.24) is 4.90 Å². The van der Waals surface area contributed by atoms with Crippen molar-refractivity contribution in [3.8, 4) is 0 Å². The second-order valence-electron chi connectivity index (χ2n) is 8.35. The minimum absolute atomic E-state index is 0.0663. The SMILES string of the molecule is Cc1cc(C(=O)C2CC3CCCC(C2)N3Cc2ccccc2)cc(C)c1F. The summed E-state index contributed by atoms with van der Waals surface area (Å²) in [6, 6.07) is 15.1. The number of hydrogen-bond acceptors (Lipinski definition) is 2. The van der Waals surface area contributed by atoms with Gasteiger partial charge in [0, 0.05) is 30.1 Å². The molecule has 0 saturated carbocycles. The van der Waals surface area contributed by atoms with Gasteiger partial charge in [0.15, 0.2) is 5.78 Å². The van der Waals surface area contributed by atoms with Crippen molar-refractivity contribution in [2.45, 2.75) is 64.6 Å². The van der Waals surface area contributed by atoms with Crippen LogP contribution >= 0.6 is 0 Å². The molecule has 2 aromatic carbocycles. The van der Waals surface area contributed by atoms with Crippen molar-refractivity contribution in [3.05, 3.63) is 70.5 Å². The van der Waals surface area contributed by atoms with Gasteiger partial charge in [-0.05, 0) is 68.4 Å². The Bertz CT molecular complexity index is 795. The van der Waals surface area contributed by atoms with Gasteiger partial charge >= 0.3 is 0 Å². The number of nitrogens with zero attached hydrogens (tertiary/aromatic N) is 1. The second kappa shape index (κ2) is 7.55. The standard InChI is InChI=1S/C24H28FNO/c1-16-11-19(12-17(2)23(16)25)24(27)20-13-21-9-6-10-22(14-20)26(21)15-18-7-4-3-5-8-18/h3-5,7-8,11-12,20-22H,6,9-10,13-15H2,1-2H3. The van der Waals surface area contributed by atoms with E-state index in [-0.39, 0.29) is 17.5 Å². The lowest BCUT2D eigenvalue weighted by Gasteiger charge is -2.48. The van der Waals surface area contributed by atoms with E-state index in [0.29, 0.717) is 28.8 Å². The molecule has 0 aromatic heterocycles. The Balaban J connectivity index is 1.52. The minimum atomic E-state index is -0.193. The topological polar surface area (TPSA) is 20.3 Å². The van der Waals surface area contributed by atoms with Crippen LogP contribution in [0.1, 0.15) is 59.2 Å². The monoisotopic (exact) mass is 365 g/mol. The van der Waals surface area contributed by atoms with Crippen LogP contribution in [0.4, 0.5) is 4.39 Å². The smallest absolute Gasteiger partial charge is 0.166 e. The van der Waals surface area contributed by atoms with Crippen molar-refractivity contribution in [3.63, 3.8) is 0 Å². The van der Waals surface area contributed by atoms with E-state index >= 15 is 0 Å². The molecule has 0 radical (unpaired) electrons. The Morgan fingerprint density at radius 2 is 1.63 bits per heavy atom. The maximum Gasteiger partial charge on any atom is 0.166 e. The molecular formula is C24H28FNO. The maximum absolute atomic E-state index is 13.9. The highest BCUT2D eigenvalue weighted by atomic mass is 19.1. The summed E-state index contributed by atoms with van der Waals surface area (Å²) in [5.74, 6) is 0.0788. The molecule has 0 N–H and O–H groups in total. The van der Waals surface area contributed by atoms with E-state index in [1.54, 1.807) is 26.0 Å². The van der Waals surface area contributed by atoms with Crippen LogP contribution < -0.4 is 0 Å². The summed E-state index contributed by atoms with van der Waals surface area (Å²) in [6.07, 6.45) is 5.47. The fourth-order valence-corrected chi connectivity index (χ4v) is 5.07. The fraction of sp³-hybridized carbons (Fsp3) is 0.458. The summed E-state index contributed by atoms with van der Waals surface area (Å²) < 4.78 is 13.9. The number of benzene rings is 2. The highest BCUT2D eigenvalue weighted by Gasteiger charge is 2.40. The van der Waals surface area contributed by atoms with Gasteiger partial charge in [-0.1, -0.05) is 36.8 Å². The van der Waals surface area contributed by atoms with Gasteiger partial charge in [-0.25, -0.2) is 4.39 Å². The number of piperidine rings is 2. The first-order valence-electron chi connectivity index (χ1n) is 10.1. The third kappa shape index (κ3) is 3.70. The molecule has 2 atom stereocenters. The quantitative estimate of drug-likeness (QED) is 0.671. The Kier molecular flexibility index (Phi) is 5.14. The molecule has 0 aliphatic carbocycles. The molecule has 2 fully saturated rings. The third-order valence-electron chi connectivity index (χ3n) is 6.43. The van der Waals surface area contributed by atoms with Crippen molar-refractivity contribution in [2.24, 2.45) is 5.92 Å². The molecular weight excluding hydrogens is 337 g/mol. The lowest BCUT2D eigenvalue weighted by molar-refractivity contribution is 0.00906. The van der Waals surface area contributed by atoms with E-state index in [4.69, 9.17) is 0 Å². The number of halogens is 1. The van der Waals surface area contributed by atoms with E-state index < -0.39 is 0 Å². The van der Waals surface area contributed by atoms with Gasteiger partial charge in [0.2, 0.25) is 0 Å². The number of aryl methyl sites for hydroxylation is 2. The Hall–Kier alpha value is -2.00. The van der Waals surface area contributed by atoms with E-state index in [1.807, 2.05) is 0 Å². The predicted octanol–water partition coefficient (Wildman–Crippen LogP) is 5.46. The zero-order chi connectivity index (χ0) is 19.0. The molecule has 0 spiro atoms. The first kappa shape index (κ1) is 18.4. The molecule has 2 heterocycles. The van der Waals surface area contributed by atoms with Gasteiger partial charge in [0.05, 0.1) is 0 Å². The highest BCUT2D eigenvalue weighted by Crippen LogP contribution is 2.39. The van der Waals surface area contributed by atoms with E-state index in [9.17, 15) is 9.18 Å². The van der Waals surface area contributed by atoms with Crippen LogP contribution in [0, 0.1) is 25.6 Å². The van der Waals surface area contributed by atoms with Crippen LogP contribution in [0.25, 0.3) is 0 Å². The average Bonchev–Trinajstić information content (AvgIpc) is 2.65. The molecule has 0 amide bonds. The van der Waals surface area contributed by atoms with Gasteiger partial charge in [0.1, 0.15) is 5.82 Å². The number of carbonyl (C=O) groups is 1. The number of fused-ring (bicyclic) bond motifs is 2. The largest absolute Gasteiger partial charge is 0.294 e. The Morgan fingerprint density at radius 1 is 1.04 bits per heavy atom. The molecule has 2 nitrogen and oxygen atoms in total. The van der Waals surface area contributed by atoms with E-state index in [2.05, 4.69) is 35.2 Å². The number of carbonyl (C=O) groups excluding carboxylic acids is 1. The Labute approximate surface area is 161 Å². The maximum atomic E-state index is 13.9. The zero-order valence-corrected chi connectivity index (χ0v) is 16.2. The summed E-state index contributed by atoms with van der Waals surface area (Å²) in [7, 11) is 0. The number of rotatable bonds is 4. The minimum Gasteiger partial charge on any atom is -0.294 e. The number of ketones is 1. The molecule has 2 aliphatic heterocycles. The molecule has 4 rings (SSSR count). The summed E-state index contributed by atoms with van der Waals surface area (Å²) in [6.45, 7) is 4.47. The van der Waals surface area contributed by atoms with Gasteiger partial charge in [0.25, 0.3) is 0 Å². The fourth-order valence-electron chi connectivity index (χ4n) is 5.07. The number of Topliss-reactive ketones (excluding diaryl/α,β-unsaturated/α-hetero) is 1. The van der Waals surface area contributed by atoms with Crippen LogP contribution in [-0.4, -0.2) is 22.8 Å². The van der Waals surface area contributed by atoms with Gasteiger partial charge in [-0.2, -0.15) is 0 Å². The third-order valence-corrected chi connectivity index (χ3v) is 6.43. The summed E-state index contributed by atoms with van der Waals surface area (Å²) in [5, 5.41) is 0. The summed E-state index contributed by atoms with van der Waals surface area (Å²) in [5.41, 5.74) is 3.18. The van der Waals surface area contributed by atoms with Gasteiger partial charge in [-0.15, -0.1) is 0 Å². The van der Waals surface area contributed by atoms with E-state index in [0.717, 1.165) is 19.4 Å². The molecule has 2 saturated heterocycles. The molecule has 142 valence electrons. The van der Waals surface area contributed by atoms with Gasteiger partial charge < -0.3 is 0 Å². The molecule has 27 heavy (non-hydrogen) atoms. The molecule has 2 aliphatic rings. The Morgan fingerprint density at radius 3 is 2.22 bits per heavy atom. The van der Waals surface area contributed by atoms with Crippen molar-refractivity contribution in [2.75, 3.05) is 0 Å². The first-order valence-corrected chi connectivity index (χ1v) is 10.1. The molecule has 2 bridgehead atoms. The normalized spacial score (nSPS) is 25.4. The first-order chi connectivity index (χ1) is 13.0. The summed E-state index contributed by atoms with van der Waals surface area (Å²) >= 11 is 0. The zero-order valence-electron chi connectivity index (χ0n) is 16.2. The van der Waals surface area contributed by atoms with Crippen LogP contribution in [0.3, 0.4) is 0 Å². The second-order valence-corrected chi connectivity index (χ2v) is 8.35. The van der Waals surface area contributed by atoms with Crippen LogP contribution in [0.15, 0.2) is 42.5 Å². The van der Waals surface area contributed by atoms with E-state index in [1.165, 1.54) is 24.8 Å².